The Balaban J connectivity index is 1.90. The van der Waals surface area contributed by atoms with Crippen molar-refractivity contribution in [1.29, 1.82) is 0 Å². The second kappa shape index (κ2) is 7.53. The molecule has 0 radical (unpaired) electrons. The first-order valence-corrected chi connectivity index (χ1v) is 9.39. The Labute approximate surface area is 130 Å². The molecule has 1 atom stereocenters. The number of hydrogen-bond acceptors (Lipinski definition) is 6. The third-order valence-electron chi connectivity index (χ3n) is 3.55. The first-order valence-electron chi connectivity index (χ1n) is 7.57. The van der Waals surface area contributed by atoms with Crippen molar-refractivity contribution in [1.82, 2.24) is 15.3 Å². The summed E-state index contributed by atoms with van der Waals surface area (Å²) in [5.41, 5.74) is 0.247. The van der Waals surface area contributed by atoms with Gasteiger partial charge in [-0.15, -0.1) is 0 Å². The lowest BCUT2D eigenvalue weighted by atomic mass is 10.2. The zero-order chi connectivity index (χ0) is 16.0. The van der Waals surface area contributed by atoms with Crippen LogP contribution in [-0.2, 0) is 9.84 Å². The standard InChI is InChI=1S/C14H22N4O3S/c1-2-3-4-6-15-13-8-12(16-10-17-13)14(19)18-11-5-7-22(20,21)9-11/h8,10-11H,2-7,9H2,1H3,(H,18,19)(H,15,16,17). The molecule has 1 fully saturated rings. The zero-order valence-electron chi connectivity index (χ0n) is 12.7. The summed E-state index contributed by atoms with van der Waals surface area (Å²) < 4.78 is 22.8. The fourth-order valence-corrected chi connectivity index (χ4v) is 4.01. The monoisotopic (exact) mass is 326 g/mol. The van der Waals surface area contributed by atoms with E-state index in [1.165, 1.54) is 6.33 Å². The van der Waals surface area contributed by atoms with E-state index in [0.29, 0.717) is 12.2 Å². The highest BCUT2D eigenvalue weighted by Crippen LogP contribution is 2.12. The molecule has 0 bridgehead atoms. The normalized spacial score (nSPS) is 19.8. The number of aromatic nitrogens is 2. The average molecular weight is 326 g/mol. The Hall–Kier alpha value is -1.70. The molecule has 1 saturated heterocycles. The zero-order valence-corrected chi connectivity index (χ0v) is 13.5. The van der Waals surface area contributed by atoms with Crippen LogP contribution in [0.5, 0.6) is 0 Å². The second-order valence-electron chi connectivity index (χ2n) is 5.50. The fraction of sp³-hybridized carbons (Fsp3) is 0.643. The van der Waals surface area contributed by atoms with Crippen LogP contribution in [0.15, 0.2) is 12.4 Å². The van der Waals surface area contributed by atoms with Gasteiger partial charge in [0.05, 0.1) is 11.5 Å². The molecule has 1 aromatic heterocycles. The fourth-order valence-electron chi connectivity index (χ4n) is 2.34. The molecule has 1 unspecified atom stereocenters. The Morgan fingerprint density at radius 1 is 1.36 bits per heavy atom. The van der Waals surface area contributed by atoms with Gasteiger partial charge in [0.15, 0.2) is 9.84 Å². The van der Waals surface area contributed by atoms with Gasteiger partial charge in [0.25, 0.3) is 5.91 Å². The van der Waals surface area contributed by atoms with Gasteiger partial charge in [-0.2, -0.15) is 0 Å². The predicted molar refractivity (Wildman–Crippen MR) is 84.6 cm³/mol. The minimum Gasteiger partial charge on any atom is -0.370 e. The Bertz CT molecular complexity index is 618. The van der Waals surface area contributed by atoms with Crippen LogP contribution < -0.4 is 10.6 Å². The van der Waals surface area contributed by atoms with Crippen molar-refractivity contribution < 1.29 is 13.2 Å². The number of nitrogens with one attached hydrogen (secondary N) is 2. The maximum atomic E-state index is 12.1. The topological polar surface area (TPSA) is 101 Å². The Morgan fingerprint density at radius 3 is 2.86 bits per heavy atom. The summed E-state index contributed by atoms with van der Waals surface area (Å²) in [6.45, 7) is 2.93. The van der Waals surface area contributed by atoms with Crippen LogP contribution >= 0.6 is 0 Å². The molecule has 0 spiro atoms. The van der Waals surface area contributed by atoms with Crippen molar-refractivity contribution >= 4 is 21.6 Å². The molecule has 0 aromatic carbocycles. The van der Waals surface area contributed by atoms with E-state index in [0.717, 1.165) is 25.8 Å². The quantitative estimate of drug-likeness (QED) is 0.725. The highest BCUT2D eigenvalue weighted by Gasteiger charge is 2.29. The van der Waals surface area contributed by atoms with Crippen LogP contribution in [0, 0.1) is 0 Å². The van der Waals surface area contributed by atoms with Gasteiger partial charge in [-0.1, -0.05) is 19.8 Å². The van der Waals surface area contributed by atoms with E-state index in [9.17, 15) is 13.2 Å². The molecule has 22 heavy (non-hydrogen) atoms. The van der Waals surface area contributed by atoms with Gasteiger partial charge in [0.2, 0.25) is 0 Å². The van der Waals surface area contributed by atoms with E-state index in [1.54, 1.807) is 6.07 Å². The first kappa shape index (κ1) is 16.7. The Morgan fingerprint density at radius 2 is 2.18 bits per heavy atom. The number of rotatable bonds is 7. The lowest BCUT2D eigenvalue weighted by Gasteiger charge is -2.11. The minimum absolute atomic E-state index is 0.00590. The molecule has 122 valence electrons. The van der Waals surface area contributed by atoms with Crippen molar-refractivity contribution in [2.75, 3.05) is 23.4 Å². The third kappa shape index (κ3) is 4.94. The molecule has 1 aliphatic heterocycles. The van der Waals surface area contributed by atoms with Crippen molar-refractivity contribution in [3.05, 3.63) is 18.1 Å². The summed E-state index contributed by atoms with van der Waals surface area (Å²) in [4.78, 5) is 20.1. The minimum atomic E-state index is -3.01. The van der Waals surface area contributed by atoms with Gasteiger partial charge in [0.1, 0.15) is 17.8 Å². The molecular formula is C14H22N4O3S. The van der Waals surface area contributed by atoms with Gasteiger partial charge in [0, 0.05) is 18.7 Å². The molecule has 1 aromatic rings. The van der Waals surface area contributed by atoms with E-state index in [4.69, 9.17) is 0 Å². The van der Waals surface area contributed by atoms with Gasteiger partial charge in [-0.25, -0.2) is 18.4 Å². The summed E-state index contributed by atoms with van der Waals surface area (Å²) >= 11 is 0. The number of unbranched alkanes of at least 4 members (excludes halogenated alkanes) is 2. The molecule has 7 nitrogen and oxygen atoms in total. The first-order chi connectivity index (χ1) is 10.5. The number of sulfone groups is 1. The predicted octanol–water partition coefficient (Wildman–Crippen LogP) is 0.996. The van der Waals surface area contributed by atoms with Crippen LogP contribution in [0.1, 0.15) is 43.1 Å². The Kier molecular flexibility index (Phi) is 5.70. The second-order valence-corrected chi connectivity index (χ2v) is 7.72. The van der Waals surface area contributed by atoms with Crippen molar-refractivity contribution in [2.24, 2.45) is 0 Å². The van der Waals surface area contributed by atoms with E-state index in [2.05, 4.69) is 27.5 Å². The van der Waals surface area contributed by atoms with Crippen LogP contribution in [0.4, 0.5) is 5.82 Å². The van der Waals surface area contributed by atoms with Gasteiger partial charge in [-0.05, 0) is 12.8 Å². The largest absolute Gasteiger partial charge is 0.370 e. The van der Waals surface area contributed by atoms with Crippen molar-refractivity contribution in [3.63, 3.8) is 0 Å². The number of carbonyl (C=O) groups excluding carboxylic acids is 1. The van der Waals surface area contributed by atoms with Crippen LogP contribution in [0.25, 0.3) is 0 Å². The maximum Gasteiger partial charge on any atom is 0.270 e. The molecule has 2 heterocycles. The number of nitrogens with zero attached hydrogens (tertiary/aromatic N) is 2. The molecule has 2 rings (SSSR count). The van der Waals surface area contributed by atoms with E-state index < -0.39 is 9.84 Å². The van der Waals surface area contributed by atoms with Gasteiger partial charge < -0.3 is 10.6 Å². The van der Waals surface area contributed by atoms with Crippen LogP contribution in [0.3, 0.4) is 0 Å². The molecule has 0 aliphatic carbocycles. The maximum absolute atomic E-state index is 12.1. The molecule has 1 aliphatic rings. The third-order valence-corrected chi connectivity index (χ3v) is 5.32. The lowest BCUT2D eigenvalue weighted by molar-refractivity contribution is 0.0936. The highest BCUT2D eigenvalue weighted by atomic mass is 32.2. The van der Waals surface area contributed by atoms with Crippen molar-refractivity contribution in [2.45, 2.75) is 38.6 Å². The van der Waals surface area contributed by atoms with Crippen LogP contribution in [-0.4, -0.2) is 48.4 Å². The average Bonchev–Trinajstić information content (AvgIpc) is 2.83. The van der Waals surface area contributed by atoms with Crippen LogP contribution in [0.2, 0.25) is 0 Å². The molecule has 1 amide bonds. The number of hydrogen-bond donors (Lipinski definition) is 2. The summed E-state index contributed by atoms with van der Waals surface area (Å²) in [5.74, 6) is 0.383. The number of amides is 1. The molecule has 0 saturated carbocycles. The summed E-state index contributed by atoms with van der Waals surface area (Å²) in [6, 6.07) is 1.26. The number of carbonyl (C=O) groups is 1. The summed E-state index contributed by atoms with van der Waals surface area (Å²) in [7, 11) is -3.01. The summed E-state index contributed by atoms with van der Waals surface area (Å²) in [6.07, 6.45) is 5.12. The van der Waals surface area contributed by atoms with E-state index in [1.807, 2.05) is 0 Å². The SMILES string of the molecule is CCCCCNc1cc(C(=O)NC2CCS(=O)(=O)C2)ncn1. The van der Waals surface area contributed by atoms with Crippen molar-refractivity contribution in [3.8, 4) is 0 Å². The lowest BCUT2D eigenvalue weighted by Crippen LogP contribution is -2.36. The van der Waals surface area contributed by atoms with E-state index in [-0.39, 0.29) is 29.1 Å². The smallest absolute Gasteiger partial charge is 0.270 e. The molecular weight excluding hydrogens is 304 g/mol. The number of anilines is 1. The molecule has 8 heteroatoms. The van der Waals surface area contributed by atoms with Gasteiger partial charge >= 0.3 is 0 Å². The van der Waals surface area contributed by atoms with Gasteiger partial charge in [-0.3, -0.25) is 4.79 Å². The highest BCUT2D eigenvalue weighted by molar-refractivity contribution is 7.91. The molecule has 2 N–H and O–H groups in total. The summed E-state index contributed by atoms with van der Waals surface area (Å²) in [5, 5.41) is 5.87. The van der Waals surface area contributed by atoms with E-state index >= 15 is 0 Å².